The lowest BCUT2D eigenvalue weighted by molar-refractivity contribution is 0.00637. The highest BCUT2D eigenvalue weighted by atomic mass is 31.1. The van der Waals surface area contributed by atoms with Crippen LogP contribution in [0.4, 0.5) is 0 Å². The Bertz CT molecular complexity index is 278. The van der Waals surface area contributed by atoms with E-state index in [9.17, 15) is 4.57 Å². The summed E-state index contributed by atoms with van der Waals surface area (Å²) in [4.78, 5) is 8.79. The minimum atomic E-state index is -3.00. The van der Waals surface area contributed by atoms with Crippen LogP contribution in [-0.2, 0) is 9.09 Å². The van der Waals surface area contributed by atoms with Gasteiger partial charge in [-0.15, -0.1) is 13.0 Å². The molecule has 0 aromatic rings. The Morgan fingerprint density at radius 1 is 1.64 bits per heavy atom. The number of terminal acetylenes is 1. The lowest BCUT2D eigenvalue weighted by atomic mass is 9.75. The van der Waals surface area contributed by atoms with Gasteiger partial charge in [-0.25, -0.2) is 0 Å². The molecule has 0 aliphatic heterocycles. The third-order valence-electron chi connectivity index (χ3n) is 2.53. The van der Waals surface area contributed by atoms with Crippen molar-refractivity contribution in [3.63, 3.8) is 0 Å². The molecular formula is C10H17O3P. The standard InChI is InChI=1S/C10H17O3P/c1-6-8-10(5,13-14(11)12)9(3,4)7-2/h2,6,14H,1,8H2,3-5H3,(H,11,12). The van der Waals surface area contributed by atoms with Crippen molar-refractivity contribution < 1.29 is 14.0 Å². The smallest absolute Gasteiger partial charge is 0.317 e. The number of hydrogen-bond donors (Lipinski definition) is 1. The summed E-state index contributed by atoms with van der Waals surface area (Å²) in [5.41, 5.74) is -1.47. The minimum absolute atomic E-state index is 0.432. The topological polar surface area (TPSA) is 46.5 Å². The number of rotatable bonds is 5. The van der Waals surface area contributed by atoms with Crippen LogP contribution in [0.3, 0.4) is 0 Å². The van der Waals surface area contributed by atoms with Crippen molar-refractivity contribution >= 4 is 8.25 Å². The Balaban J connectivity index is 4.99. The van der Waals surface area contributed by atoms with Gasteiger partial charge in [0.2, 0.25) is 0 Å². The molecule has 80 valence electrons. The van der Waals surface area contributed by atoms with Gasteiger partial charge in [-0.05, 0) is 27.2 Å². The van der Waals surface area contributed by atoms with Gasteiger partial charge in [-0.2, -0.15) is 0 Å². The summed E-state index contributed by atoms with van der Waals surface area (Å²) >= 11 is 0. The molecule has 2 unspecified atom stereocenters. The van der Waals surface area contributed by atoms with E-state index in [1.165, 1.54) is 0 Å². The van der Waals surface area contributed by atoms with Gasteiger partial charge in [0, 0.05) is 0 Å². The van der Waals surface area contributed by atoms with Crippen LogP contribution in [0.25, 0.3) is 0 Å². The van der Waals surface area contributed by atoms with E-state index in [2.05, 4.69) is 12.5 Å². The monoisotopic (exact) mass is 216 g/mol. The molecule has 0 aliphatic rings. The van der Waals surface area contributed by atoms with Crippen molar-refractivity contribution in [2.75, 3.05) is 0 Å². The average Bonchev–Trinajstić information content (AvgIpc) is 2.03. The molecular weight excluding hydrogens is 199 g/mol. The van der Waals surface area contributed by atoms with Crippen LogP contribution >= 0.6 is 8.25 Å². The zero-order valence-corrected chi connectivity index (χ0v) is 9.83. The van der Waals surface area contributed by atoms with E-state index < -0.39 is 19.3 Å². The van der Waals surface area contributed by atoms with Gasteiger partial charge in [-0.3, -0.25) is 4.57 Å². The average molecular weight is 216 g/mol. The Morgan fingerprint density at radius 3 is 2.43 bits per heavy atom. The van der Waals surface area contributed by atoms with Crippen LogP contribution in [0.2, 0.25) is 0 Å². The zero-order valence-electron chi connectivity index (χ0n) is 8.83. The van der Waals surface area contributed by atoms with Crippen LogP contribution in [-0.4, -0.2) is 10.5 Å². The third kappa shape index (κ3) is 2.99. The van der Waals surface area contributed by atoms with Crippen molar-refractivity contribution in [2.45, 2.75) is 32.8 Å². The maximum atomic E-state index is 10.7. The molecule has 0 aliphatic carbocycles. The zero-order chi connectivity index (χ0) is 11.4. The van der Waals surface area contributed by atoms with E-state index in [1.807, 2.05) is 0 Å². The second kappa shape index (κ2) is 4.79. The van der Waals surface area contributed by atoms with E-state index in [0.717, 1.165) is 0 Å². The molecule has 0 aromatic heterocycles. The minimum Gasteiger partial charge on any atom is -0.326 e. The molecule has 0 spiro atoms. The summed E-state index contributed by atoms with van der Waals surface area (Å²) in [6.45, 7) is 8.88. The molecule has 0 saturated heterocycles. The highest BCUT2D eigenvalue weighted by Crippen LogP contribution is 2.42. The molecule has 0 radical (unpaired) electrons. The lowest BCUT2D eigenvalue weighted by Crippen LogP contribution is -2.41. The first kappa shape index (κ1) is 13.4. The molecule has 1 N–H and O–H groups in total. The molecule has 0 rings (SSSR count). The molecule has 0 fully saturated rings. The van der Waals surface area contributed by atoms with Crippen LogP contribution in [0.5, 0.6) is 0 Å². The second-order valence-electron chi connectivity index (χ2n) is 3.86. The summed E-state index contributed by atoms with van der Waals surface area (Å²) < 4.78 is 15.7. The van der Waals surface area contributed by atoms with E-state index in [-0.39, 0.29) is 0 Å². The quantitative estimate of drug-likeness (QED) is 0.436. The van der Waals surface area contributed by atoms with Gasteiger partial charge >= 0.3 is 8.25 Å². The van der Waals surface area contributed by atoms with Crippen molar-refractivity contribution in [2.24, 2.45) is 5.41 Å². The SMILES string of the molecule is C#CC(C)(C)C(C)(CC=C)O[PH](=O)O. The Kier molecular flexibility index (Phi) is 4.61. The molecule has 0 saturated carbocycles. The van der Waals surface area contributed by atoms with Gasteiger partial charge in [0.1, 0.15) is 0 Å². The predicted molar refractivity (Wildman–Crippen MR) is 58.1 cm³/mol. The fraction of sp³-hybridized carbons (Fsp3) is 0.600. The van der Waals surface area contributed by atoms with E-state index in [4.69, 9.17) is 15.8 Å². The van der Waals surface area contributed by atoms with Gasteiger partial charge in [0.15, 0.2) is 0 Å². The fourth-order valence-electron chi connectivity index (χ4n) is 1.05. The summed E-state index contributed by atoms with van der Waals surface area (Å²) in [5.74, 6) is 2.57. The van der Waals surface area contributed by atoms with Gasteiger partial charge in [-0.1, -0.05) is 12.0 Å². The summed E-state index contributed by atoms with van der Waals surface area (Å²) in [7, 11) is -3.00. The summed E-state index contributed by atoms with van der Waals surface area (Å²) in [6, 6.07) is 0. The Hall–Kier alpha value is -0.550. The number of hydrogen-bond acceptors (Lipinski definition) is 2. The Labute approximate surface area is 86.1 Å². The lowest BCUT2D eigenvalue weighted by Gasteiger charge is -2.38. The van der Waals surface area contributed by atoms with Crippen molar-refractivity contribution in [3.8, 4) is 12.3 Å². The highest BCUT2D eigenvalue weighted by Gasteiger charge is 2.41. The van der Waals surface area contributed by atoms with Gasteiger partial charge in [0.25, 0.3) is 0 Å². The first-order valence-corrected chi connectivity index (χ1v) is 5.56. The van der Waals surface area contributed by atoms with Crippen LogP contribution in [0, 0.1) is 17.8 Å². The van der Waals surface area contributed by atoms with Crippen LogP contribution in [0.1, 0.15) is 27.2 Å². The predicted octanol–water partition coefficient (Wildman–Crippen LogP) is 2.38. The van der Waals surface area contributed by atoms with E-state index >= 15 is 0 Å². The van der Waals surface area contributed by atoms with Crippen molar-refractivity contribution in [1.82, 2.24) is 0 Å². The van der Waals surface area contributed by atoms with Crippen molar-refractivity contribution in [3.05, 3.63) is 12.7 Å². The normalized spacial score (nSPS) is 17.9. The molecule has 0 heterocycles. The van der Waals surface area contributed by atoms with Gasteiger partial charge in [0.05, 0.1) is 11.0 Å². The van der Waals surface area contributed by atoms with Crippen LogP contribution in [0.15, 0.2) is 12.7 Å². The van der Waals surface area contributed by atoms with Crippen LogP contribution < -0.4 is 0 Å². The highest BCUT2D eigenvalue weighted by molar-refractivity contribution is 7.32. The van der Waals surface area contributed by atoms with Gasteiger partial charge < -0.3 is 9.42 Å². The molecule has 0 bridgehead atoms. The first-order valence-electron chi connectivity index (χ1n) is 4.29. The molecule has 2 atom stereocenters. The van der Waals surface area contributed by atoms with E-state index in [0.29, 0.717) is 6.42 Å². The second-order valence-corrected chi connectivity index (χ2v) is 4.60. The first-order chi connectivity index (χ1) is 6.29. The molecule has 0 amide bonds. The third-order valence-corrected chi connectivity index (χ3v) is 3.15. The summed E-state index contributed by atoms with van der Waals surface area (Å²) in [5, 5.41) is 0. The molecule has 3 nitrogen and oxygen atoms in total. The van der Waals surface area contributed by atoms with Crippen molar-refractivity contribution in [1.29, 1.82) is 0 Å². The Morgan fingerprint density at radius 2 is 2.14 bits per heavy atom. The maximum Gasteiger partial charge on any atom is 0.317 e. The summed E-state index contributed by atoms with van der Waals surface area (Å²) in [6.07, 6.45) is 7.42. The largest absolute Gasteiger partial charge is 0.326 e. The maximum absolute atomic E-state index is 10.7. The molecule has 0 aromatic carbocycles. The molecule has 4 heteroatoms. The molecule has 14 heavy (non-hydrogen) atoms. The fourth-order valence-corrected chi connectivity index (χ4v) is 1.77. The van der Waals surface area contributed by atoms with E-state index in [1.54, 1.807) is 26.8 Å².